The second kappa shape index (κ2) is 4.42. The van der Waals surface area contributed by atoms with Gasteiger partial charge in [0.2, 0.25) is 0 Å². The first-order valence-electron chi connectivity index (χ1n) is 6.32. The first kappa shape index (κ1) is 11.6. The van der Waals surface area contributed by atoms with Crippen LogP contribution >= 0.6 is 15.9 Å². The maximum atomic E-state index is 4.34. The summed E-state index contributed by atoms with van der Waals surface area (Å²) < 4.78 is 2.95. The summed E-state index contributed by atoms with van der Waals surface area (Å²) in [4.78, 5) is 0. The highest BCUT2D eigenvalue weighted by Crippen LogP contribution is 2.26. The summed E-state index contributed by atoms with van der Waals surface area (Å²) in [5.41, 5.74) is 4.06. The Morgan fingerprint density at radius 2 is 1.60 bits per heavy atom. The Balaban J connectivity index is 2.02. The Kier molecular flexibility index (Phi) is 2.57. The third-order valence-electron chi connectivity index (χ3n) is 3.41. The fourth-order valence-corrected chi connectivity index (χ4v) is 2.68. The molecule has 0 aliphatic rings. The highest BCUT2D eigenvalue weighted by Gasteiger charge is 2.10. The summed E-state index contributed by atoms with van der Waals surface area (Å²) in [6, 6.07) is 20.5. The monoisotopic (exact) mass is 323 g/mol. The van der Waals surface area contributed by atoms with Crippen LogP contribution in [0.25, 0.3) is 27.7 Å². The van der Waals surface area contributed by atoms with Crippen LogP contribution in [0.1, 0.15) is 0 Å². The lowest BCUT2D eigenvalue weighted by Crippen LogP contribution is -1.89. The number of hydrogen-bond acceptors (Lipinski definition) is 2. The predicted molar refractivity (Wildman–Crippen MR) is 83.6 cm³/mol. The molecule has 0 unspecified atom stereocenters. The zero-order valence-corrected chi connectivity index (χ0v) is 12.1. The van der Waals surface area contributed by atoms with Crippen molar-refractivity contribution in [3.8, 4) is 11.3 Å². The molecule has 0 aliphatic carbocycles. The van der Waals surface area contributed by atoms with Gasteiger partial charge < -0.3 is 0 Å². The Hall–Kier alpha value is -2.20. The van der Waals surface area contributed by atoms with Crippen LogP contribution in [0.2, 0.25) is 0 Å². The van der Waals surface area contributed by atoms with Gasteiger partial charge in [0.1, 0.15) is 5.69 Å². The first-order chi connectivity index (χ1) is 9.83. The SMILES string of the molecule is Brc1ccc(-c2nnn3c2ccc2ccccc23)cc1. The Bertz CT molecular complexity index is 910. The van der Waals surface area contributed by atoms with Gasteiger partial charge in [-0.2, -0.15) is 0 Å². The van der Waals surface area contributed by atoms with Crippen molar-refractivity contribution in [2.75, 3.05) is 0 Å². The molecule has 2 heterocycles. The molecule has 0 saturated heterocycles. The van der Waals surface area contributed by atoms with Crippen LogP contribution in [0.3, 0.4) is 0 Å². The first-order valence-corrected chi connectivity index (χ1v) is 7.11. The standard InChI is InChI=1S/C16H10BrN3/c17-13-8-5-12(6-9-13)16-15-10-7-11-3-1-2-4-14(11)20(15)19-18-16/h1-10H. The van der Waals surface area contributed by atoms with E-state index in [2.05, 4.69) is 50.5 Å². The average molecular weight is 324 g/mol. The number of pyridine rings is 1. The van der Waals surface area contributed by atoms with E-state index in [9.17, 15) is 0 Å². The van der Waals surface area contributed by atoms with E-state index in [1.54, 1.807) is 0 Å². The van der Waals surface area contributed by atoms with Gasteiger partial charge in [-0.25, -0.2) is 4.52 Å². The van der Waals surface area contributed by atoms with Crippen molar-refractivity contribution in [3.63, 3.8) is 0 Å². The van der Waals surface area contributed by atoms with Crippen LogP contribution in [-0.2, 0) is 0 Å². The molecule has 0 radical (unpaired) electrons. The summed E-state index contributed by atoms with van der Waals surface area (Å²) in [7, 11) is 0. The zero-order chi connectivity index (χ0) is 13.5. The molecule has 2 aromatic carbocycles. The molecule has 2 aromatic heterocycles. The van der Waals surface area contributed by atoms with Crippen LogP contribution in [0.15, 0.2) is 65.1 Å². The molecule has 96 valence electrons. The van der Waals surface area contributed by atoms with Gasteiger partial charge in [-0.1, -0.05) is 57.5 Å². The number of halogens is 1. The van der Waals surface area contributed by atoms with Gasteiger partial charge in [0.05, 0.1) is 11.0 Å². The van der Waals surface area contributed by atoms with E-state index in [0.29, 0.717) is 0 Å². The third kappa shape index (κ3) is 1.72. The van der Waals surface area contributed by atoms with Gasteiger partial charge in [-0.05, 0) is 24.3 Å². The minimum Gasteiger partial charge on any atom is -0.212 e. The Morgan fingerprint density at radius 3 is 2.45 bits per heavy atom. The predicted octanol–water partition coefficient (Wildman–Crippen LogP) is 4.31. The molecular weight excluding hydrogens is 314 g/mol. The molecular formula is C16H10BrN3. The van der Waals surface area contributed by atoms with Crippen LogP contribution in [-0.4, -0.2) is 14.8 Å². The fourth-order valence-electron chi connectivity index (χ4n) is 2.42. The molecule has 0 amide bonds. The number of hydrogen-bond donors (Lipinski definition) is 0. The van der Waals surface area contributed by atoms with E-state index >= 15 is 0 Å². The average Bonchev–Trinajstić information content (AvgIpc) is 2.92. The smallest absolute Gasteiger partial charge is 0.120 e. The Morgan fingerprint density at radius 1 is 0.800 bits per heavy atom. The summed E-state index contributed by atoms with van der Waals surface area (Å²) in [5.74, 6) is 0. The van der Waals surface area contributed by atoms with Crippen molar-refractivity contribution in [2.24, 2.45) is 0 Å². The molecule has 0 fully saturated rings. The summed E-state index contributed by atoms with van der Waals surface area (Å²) >= 11 is 3.45. The summed E-state index contributed by atoms with van der Waals surface area (Å²) in [6.07, 6.45) is 0. The molecule has 0 bridgehead atoms. The quantitative estimate of drug-likeness (QED) is 0.522. The molecule has 4 rings (SSSR count). The molecule has 0 spiro atoms. The van der Waals surface area contributed by atoms with Gasteiger partial charge in [0.15, 0.2) is 0 Å². The number of rotatable bonds is 1. The number of benzene rings is 2. The van der Waals surface area contributed by atoms with Crippen molar-refractivity contribution in [1.82, 2.24) is 14.8 Å². The number of aromatic nitrogens is 3. The van der Waals surface area contributed by atoms with Gasteiger partial charge in [0, 0.05) is 15.4 Å². The lowest BCUT2D eigenvalue weighted by atomic mass is 10.1. The van der Waals surface area contributed by atoms with E-state index in [1.807, 2.05) is 40.9 Å². The zero-order valence-electron chi connectivity index (χ0n) is 10.5. The van der Waals surface area contributed by atoms with E-state index < -0.39 is 0 Å². The number of fused-ring (bicyclic) bond motifs is 3. The third-order valence-corrected chi connectivity index (χ3v) is 3.94. The number of para-hydroxylation sites is 1. The van der Waals surface area contributed by atoms with Gasteiger partial charge in [-0.15, -0.1) is 5.10 Å². The summed E-state index contributed by atoms with van der Waals surface area (Å²) in [5, 5.41) is 9.80. The van der Waals surface area contributed by atoms with Crippen LogP contribution in [0, 0.1) is 0 Å². The molecule has 0 aliphatic heterocycles. The minimum absolute atomic E-state index is 0.906. The molecule has 0 atom stereocenters. The van der Waals surface area contributed by atoms with Gasteiger partial charge in [0.25, 0.3) is 0 Å². The maximum Gasteiger partial charge on any atom is 0.120 e. The van der Waals surface area contributed by atoms with E-state index in [1.165, 1.54) is 0 Å². The number of nitrogens with zero attached hydrogens (tertiary/aromatic N) is 3. The highest BCUT2D eigenvalue weighted by molar-refractivity contribution is 9.10. The molecule has 0 N–H and O–H groups in total. The molecule has 0 saturated carbocycles. The molecule has 20 heavy (non-hydrogen) atoms. The van der Waals surface area contributed by atoms with Crippen molar-refractivity contribution in [2.45, 2.75) is 0 Å². The Labute approximate surface area is 124 Å². The normalized spacial score (nSPS) is 11.2. The molecule has 3 nitrogen and oxygen atoms in total. The molecule has 4 aromatic rings. The van der Waals surface area contributed by atoms with Crippen LogP contribution in [0.4, 0.5) is 0 Å². The minimum atomic E-state index is 0.906. The van der Waals surface area contributed by atoms with E-state index in [4.69, 9.17) is 0 Å². The van der Waals surface area contributed by atoms with Crippen molar-refractivity contribution < 1.29 is 0 Å². The topological polar surface area (TPSA) is 30.2 Å². The fraction of sp³-hybridized carbons (Fsp3) is 0. The van der Waals surface area contributed by atoms with Crippen LogP contribution < -0.4 is 0 Å². The molecule has 4 heteroatoms. The van der Waals surface area contributed by atoms with Crippen LogP contribution in [0.5, 0.6) is 0 Å². The second-order valence-corrected chi connectivity index (χ2v) is 5.55. The lowest BCUT2D eigenvalue weighted by molar-refractivity contribution is 0.884. The maximum absolute atomic E-state index is 4.34. The van der Waals surface area contributed by atoms with E-state index in [0.717, 1.165) is 32.1 Å². The highest BCUT2D eigenvalue weighted by atomic mass is 79.9. The van der Waals surface area contributed by atoms with E-state index in [-0.39, 0.29) is 0 Å². The van der Waals surface area contributed by atoms with Crippen molar-refractivity contribution >= 4 is 32.3 Å². The second-order valence-electron chi connectivity index (χ2n) is 4.63. The van der Waals surface area contributed by atoms with Gasteiger partial charge in [-0.3, -0.25) is 0 Å². The van der Waals surface area contributed by atoms with Crippen molar-refractivity contribution in [1.29, 1.82) is 0 Å². The lowest BCUT2D eigenvalue weighted by Gasteiger charge is -2.01. The van der Waals surface area contributed by atoms with Gasteiger partial charge >= 0.3 is 0 Å². The summed E-state index contributed by atoms with van der Waals surface area (Å²) in [6.45, 7) is 0. The largest absolute Gasteiger partial charge is 0.212 e. The van der Waals surface area contributed by atoms with Crippen molar-refractivity contribution in [3.05, 3.63) is 65.1 Å².